The van der Waals surface area contributed by atoms with Crippen LogP contribution in [0.2, 0.25) is 0 Å². The maximum absolute atomic E-state index is 8.80. The van der Waals surface area contributed by atoms with Crippen LogP contribution >= 0.6 is 23.4 Å². The topological polar surface area (TPSA) is 73.6 Å². The molecule has 5 rings (SSSR count). The number of pyridine rings is 2. The van der Waals surface area contributed by atoms with Gasteiger partial charge in [-0.15, -0.1) is 23.4 Å². The van der Waals surface area contributed by atoms with E-state index in [4.69, 9.17) is 16.9 Å². The summed E-state index contributed by atoms with van der Waals surface area (Å²) in [4.78, 5) is 9.81. The molecule has 2 heterocycles. The number of nitriles is 1. The van der Waals surface area contributed by atoms with Gasteiger partial charge in [0, 0.05) is 78.6 Å². The van der Waals surface area contributed by atoms with Gasteiger partial charge < -0.3 is 10.6 Å². The van der Waals surface area contributed by atoms with Crippen molar-refractivity contribution in [2.75, 3.05) is 24.7 Å². The average Bonchev–Trinajstić information content (AvgIpc) is 3.06. The van der Waals surface area contributed by atoms with Gasteiger partial charge >= 0.3 is 0 Å². The minimum absolute atomic E-state index is 0.631. The van der Waals surface area contributed by atoms with Gasteiger partial charge in [0.15, 0.2) is 0 Å². The number of thioether (sulfide) groups is 1. The summed E-state index contributed by atoms with van der Waals surface area (Å²) in [5, 5.41) is 15.5. The summed E-state index contributed by atoms with van der Waals surface area (Å²) in [6, 6.07) is 34.8. The summed E-state index contributed by atoms with van der Waals surface area (Å²) in [6.45, 7) is 3.35. The second-order valence-electron chi connectivity index (χ2n) is 9.42. The fourth-order valence-corrected chi connectivity index (χ4v) is 5.09. The largest absolute Gasteiger partial charge is 0.312 e. The number of benzene rings is 3. The van der Waals surface area contributed by atoms with E-state index in [0.717, 1.165) is 43.1 Å². The van der Waals surface area contributed by atoms with E-state index in [1.54, 1.807) is 11.8 Å². The van der Waals surface area contributed by atoms with Gasteiger partial charge in [-0.25, -0.2) is 0 Å². The van der Waals surface area contributed by atoms with E-state index in [1.807, 2.05) is 85.5 Å². The summed E-state index contributed by atoms with van der Waals surface area (Å²) < 4.78 is 0. The maximum atomic E-state index is 8.80. The first kappa shape index (κ1) is 31.0. The number of alkyl halides is 1. The van der Waals surface area contributed by atoms with Crippen LogP contribution in [-0.4, -0.2) is 34.7 Å². The molecule has 0 amide bonds. The van der Waals surface area contributed by atoms with Crippen molar-refractivity contribution in [3.8, 4) is 28.3 Å². The minimum atomic E-state index is 0.631. The van der Waals surface area contributed by atoms with Crippen LogP contribution in [0.3, 0.4) is 0 Å². The molecular weight excluding hydrogens is 558 g/mol. The highest BCUT2D eigenvalue weighted by Crippen LogP contribution is 2.20. The molecule has 2 N–H and O–H groups in total. The van der Waals surface area contributed by atoms with Gasteiger partial charge in [0.05, 0.1) is 11.6 Å². The molecule has 0 fully saturated rings. The molecule has 0 saturated heterocycles. The van der Waals surface area contributed by atoms with Gasteiger partial charge in [-0.1, -0.05) is 60.7 Å². The molecular formula is C35H34ClN5S. The first-order valence-electron chi connectivity index (χ1n) is 13.8. The van der Waals surface area contributed by atoms with Crippen molar-refractivity contribution >= 4 is 23.4 Å². The van der Waals surface area contributed by atoms with Crippen LogP contribution < -0.4 is 10.6 Å². The zero-order chi connectivity index (χ0) is 29.2. The summed E-state index contributed by atoms with van der Waals surface area (Å²) >= 11 is 7.40. The van der Waals surface area contributed by atoms with Crippen LogP contribution in [-0.2, 0) is 13.1 Å². The number of hydrogen-bond donors (Lipinski definition) is 2. The summed E-state index contributed by atoms with van der Waals surface area (Å²) in [5.74, 6) is 1.61. The van der Waals surface area contributed by atoms with Crippen LogP contribution in [0.4, 0.5) is 0 Å². The molecule has 0 aliphatic heterocycles. The molecule has 0 spiro atoms. The van der Waals surface area contributed by atoms with Crippen molar-refractivity contribution in [2.45, 2.75) is 18.0 Å². The Bertz CT molecular complexity index is 1520. The Morgan fingerprint density at radius 1 is 0.643 bits per heavy atom. The third-order valence-corrected chi connectivity index (χ3v) is 7.47. The number of rotatable bonds is 12. The molecule has 3 aromatic carbocycles. The van der Waals surface area contributed by atoms with Crippen molar-refractivity contribution in [3.05, 3.63) is 139 Å². The van der Waals surface area contributed by atoms with Crippen LogP contribution in [0.15, 0.2) is 127 Å². The third-order valence-electron chi connectivity index (χ3n) is 6.26. The van der Waals surface area contributed by atoms with E-state index in [-0.39, 0.29) is 0 Å². The van der Waals surface area contributed by atoms with Gasteiger partial charge in [-0.2, -0.15) is 5.26 Å². The number of nitrogens with one attached hydrogen (secondary N) is 2. The number of hydrogen-bond acceptors (Lipinski definition) is 6. The lowest BCUT2D eigenvalue weighted by atomic mass is 10.1. The Hall–Kier alpha value is -3.99. The number of halogens is 1. The Morgan fingerprint density at radius 2 is 1.17 bits per heavy atom. The summed E-state index contributed by atoms with van der Waals surface area (Å²) in [7, 11) is 0. The third kappa shape index (κ3) is 10.4. The Kier molecular flexibility index (Phi) is 13.1. The molecule has 7 heteroatoms. The highest BCUT2D eigenvalue weighted by atomic mass is 35.5. The molecule has 2 aromatic heterocycles. The Balaban J connectivity index is 0.000000208. The molecule has 0 saturated carbocycles. The maximum Gasteiger partial charge on any atom is 0.0991 e. The zero-order valence-corrected chi connectivity index (χ0v) is 25.0. The van der Waals surface area contributed by atoms with Crippen molar-refractivity contribution < 1.29 is 0 Å². The van der Waals surface area contributed by atoms with E-state index < -0.39 is 0 Å². The average molecular weight is 592 g/mol. The second kappa shape index (κ2) is 17.7. The molecule has 0 atom stereocenters. The van der Waals surface area contributed by atoms with Crippen molar-refractivity contribution in [2.24, 2.45) is 0 Å². The van der Waals surface area contributed by atoms with Crippen molar-refractivity contribution in [1.29, 1.82) is 5.26 Å². The molecule has 0 aliphatic rings. The predicted molar refractivity (Wildman–Crippen MR) is 175 cm³/mol. The van der Waals surface area contributed by atoms with E-state index in [2.05, 4.69) is 63.1 Å². The smallest absolute Gasteiger partial charge is 0.0991 e. The molecule has 5 aromatic rings. The van der Waals surface area contributed by atoms with E-state index in [9.17, 15) is 0 Å². The van der Waals surface area contributed by atoms with Crippen LogP contribution in [0, 0.1) is 11.3 Å². The predicted octanol–water partition coefficient (Wildman–Crippen LogP) is 7.58. The molecule has 42 heavy (non-hydrogen) atoms. The summed E-state index contributed by atoms with van der Waals surface area (Å²) in [5.41, 5.74) is 7.74. The van der Waals surface area contributed by atoms with E-state index in [1.165, 1.54) is 27.1 Å². The SMILES string of the molecule is ClCCNCc1cncc(-c2ccccc2)c1.N#Cc1ccc(SCCNCc2cncc(-c3ccccc3)c2)cc1. The highest BCUT2D eigenvalue weighted by Gasteiger charge is 2.01. The molecule has 0 unspecified atom stereocenters. The molecule has 0 radical (unpaired) electrons. The van der Waals surface area contributed by atoms with Gasteiger partial charge in [0.25, 0.3) is 0 Å². The van der Waals surface area contributed by atoms with Crippen molar-refractivity contribution in [1.82, 2.24) is 20.6 Å². The monoisotopic (exact) mass is 591 g/mol. The normalized spacial score (nSPS) is 10.4. The second-order valence-corrected chi connectivity index (χ2v) is 11.0. The lowest BCUT2D eigenvalue weighted by molar-refractivity contribution is 0.728. The summed E-state index contributed by atoms with van der Waals surface area (Å²) in [6.07, 6.45) is 7.58. The Morgan fingerprint density at radius 3 is 1.67 bits per heavy atom. The fourth-order valence-electron chi connectivity index (χ4n) is 4.14. The molecule has 212 valence electrons. The molecule has 0 bridgehead atoms. The van der Waals surface area contributed by atoms with Gasteiger partial charge in [-0.3, -0.25) is 9.97 Å². The van der Waals surface area contributed by atoms with Crippen LogP contribution in [0.25, 0.3) is 22.3 Å². The first-order chi connectivity index (χ1) is 20.7. The van der Waals surface area contributed by atoms with Crippen LogP contribution in [0.5, 0.6) is 0 Å². The quantitative estimate of drug-likeness (QED) is 0.0885. The first-order valence-corrected chi connectivity index (χ1v) is 15.4. The number of aromatic nitrogens is 2. The van der Waals surface area contributed by atoms with E-state index in [0.29, 0.717) is 11.4 Å². The van der Waals surface area contributed by atoms with Gasteiger partial charge in [0.2, 0.25) is 0 Å². The fraction of sp³-hybridized carbons (Fsp3) is 0.171. The van der Waals surface area contributed by atoms with Crippen LogP contribution in [0.1, 0.15) is 16.7 Å². The standard InChI is InChI=1S/C21H19N3S.C14H15ClN2/c22-13-17-6-8-21(9-7-17)25-11-10-23-14-18-12-20(16-24-15-18)19-4-2-1-3-5-19;15-6-7-16-9-12-8-14(11-17-10-12)13-4-2-1-3-5-13/h1-9,12,15-16,23H,10-11,14H2;1-5,8,10-11,16H,6-7,9H2. The van der Waals surface area contributed by atoms with Gasteiger partial charge in [-0.05, 0) is 58.7 Å². The Labute approximate surface area is 258 Å². The van der Waals surface area contributed by atoms with Crippen molar-refractivity contribution in [3.63, 3.8) is 0 Å². The minimum Gasteiger partial charge on any atom is -0.312 e. The van der Waals surface area contributed by atoms with E-state index >= 15 is 0 Å². The highest BCUT2D eigenvalue weighted by molar-refractivity contribution is 7.99. The molecule has 0 aliphatic carbocycles. The molecule has 5 nitrogen and oxygen atoms in total. The lowest BCUT2D eigenvalue weighted by Gasteiger charge is -2.07. The lowest BCUT2D eigenvalue weighted by Crippen LogP contribution is -2.16. The number of nitrogens with zero attached hydrogens (tertiary/aromatic N) is 3. The zero-order valence-electron chi connectivity index (χ0n) is 23.4. The van der Waals surface area contributed by atoms with Gasteiger partial charge in [0.1, 0.15) is 0 Å².